The van der Waals surface area contributed by atoms with Gasteiger partial charge in [-0.3, -0.25) is 4.79 Å². The first-order chi connectivity index (χ1) is 8.75. The second-order valence-electron chi connectivity index (χ2n) is 5.00. The van der Waals surface area contributed by atoms with E-state index in [1.165, 1.54) is 15.7 Å². The number of hydrogen-bond acceptors (Lipinski definition) is 4. The standard InChI is InChI=1S/C11H22N2O5S/c1-9(14)5-7-12(2)19(17,18)13-6-3-4-10(8-13)11(15)16/h9-10,14H,3-8H2,1-2H3,(H,15,16). The van der Waals surface area contributed by atoms with Gasteiger partial charge >= 0.3 is 5.97 Å². The van der Waals surface area contributed by atoms with Crippen molar-refractivity contribution in [2.24, 2.45) is 5.92 Å². The third-order valence-electron chi connectivity index (χ3n) is 3.32. The Bertz CT molecular complexity index is 409. The van der Waals surface area contributed by atoms with Crippen molar-refractivity contribution in [2.45, 2.75) is 32.3 Å². The van der Waals surface area contributed by atoms with Crippen molar-refractivity contribution in [1.82, 2.24) is 8.61 Å². The summed E-state index contributed by atoms with van der Waals surface area (Å²) in [5, 5.41) is 18.1. The van der Waals surface area contributed by atoms with Crippen LogP contribution in [0, 0.1) is 5.92 Å². The van der Waals surface area contributed by atoms with Gasteiger partial charge in [0.05, 0.1) is 12.0 Å². The molecule has 2 unspecified atom stereocenters. The predicted octanol–water partition coefficient (Wildman–Crippen LogP) is -0.269. The molecule has 0 aromatic heterocycles. The lowest BCUT2D eigenvalue weighted by molar-refractivity contribution is -0.142. The third kappa shape index (κ3) is 4.41. The smallest absolute Gasteiger partial charge is 0.307 e. The normalized spacial score (nSPS) is 23.5. The molecular formula is C11H22N2O5S. The van der Waals surface area contributed by atoms with E-state index >= 15 is 0 Å². The van der Waals surface area contributed by atoms with Gasteiger partial charge in [-0.25, -0.2) is 0 Å². The van der Waals surface area contributed by atoms with Crippen LogP contribution in [0.4, 0.5) is 0 Å². The molecule has 2 atom stereocenters. The van der Waals surface area contributed by atoms with Gasteiger partial charge in [0.25, 0.3) is 10.2 Å². The number of carboxylic acids is 1. The molecule has 112 valence electrons. The highest BCUT2D eigenvalue weighted by Gasteiger charge is 2.34. The number of aliphatic hydroxyl groups excluding tert-OH is 1. The second-order valence-corrected chi connectivity index (χ2v) is 7.04. The van der Waals surface area contributed by atoms with Gasteiger partial charge in [-0.2, -0.15) is 17.0 Å². The summed E-state index contributed by atoms with van der Waals surface area (Å²) in [5.41, 5.74) is 0. The van der Waals surface area contributed by atoms with E-state index in [9.17, 15) is 18.3 Å². The summed E-state index contributed by atoms with van der Waals surface area (Å²) in [7, 11) is -2.19. The first kappa shape index (κ1) is 16.4. The van der Waals surface area contributed by atoms with Crippen molar-refractivity contribution < 1.29 is 23.4 Å². The van der Waals surface area contributed by atoms with Crippen LogP contribution in [0.2, 0.25) is 0 Å². The quantitative estimate of drug-likeness (QED) is 0.703. The van der Waals surface area contributed by atoms with Gasteiger partial charge in [0.1, 0.15) is 0 Å². The third-order valence-corrected chi connectivity index (χ3v) is 5.27. The first-order valence-corrected chi connectivity index (χ1v) is 7.77. The van der Waals surface area contributed by atoms with E-state index in [4.69, 9.17) is 5.11 Å². The van der Waals surface area contributed by atoms with Crippen molar-refractivity contribution in [3.05, 3.63) is 0 Å². The molecule has 0 aromatic carbocycles. The van der Waals surface area contributed by atoms with Crippen LogP contribution in [-0.4, -0.2) is 66.0 Å². The minimum absolute atomic E-state index is 0.0245. The Morgan fingerprint density at radius 1 is 1.53 bits per heavy atom. The number of nitrogens with zero attached hydrogens (tertiary/aromatic N) is 2. The molecule has 0 saturated carbocycles. The summed E-state index contributed by atoms with van der Waals surface area (Å²) >= 11 is 0. The molecule has 8 heteroatoms. The summed E-state index contributed by atoms with van der Waals surface area (Å²) in [4.78, 5) is 10.9. The minimum atomic E-state index is -3.63. The van der Waals surface area contributed by atoms with Crippen molar-refractivity contribution in [2.75, 3.05) is 26.7 Å². The average molecular weight is 294 g/mol. The van der Waals surface area contributed by atoms with Crippen LogP contribution in [0.15, 0.2) is 0 Å². The average Bonchev–Trinajstić information content (AvgIpc) is 2.35. The number of carbonyl (C=O) groups is 1. The zero-order valence-corrected chi connectivity index (χ0v) is 12.1. The monoisotopic (exact) mass is 294 g/mol. The minimum Gasteiger partial charge on any atom is -0.481 e. The fraction of sp³-hybridized carbons (Fsp3) is 0.909. The number of piperidine rings is 1. The van der Waals surface area contributed by atoms with Gasteiger partial charge in [-0.1, -0.05) is 0 Å². The van der Waals surface area contributed by atoms with E-state index in [1.807, 2.05) is 0 Å². The molecule has 0 amide bonds. The van der Waals surface area contributed by atoms with E-state index in [-0.39, 0.29) is 13.1 Å². The summed E-state index contributed by atoms with van der Waals surface area (Å²) in [5.74, 6) is -1.58. The van der Waals surface area contributed by atoms with Crippen molar-refractivity contribution in [3.63, 3.8) is 0 Å². The summed E-state index contributed by atoms with van der Waals surface area (Å²) < 4.78 is 26.9. The number of rotatable bonds is 6. The molecule has 0 aromatic rings. The fourth-order valence-electron chi connectivity index (χ4n) is 2.03. The molecule has 1 aliphatic rings. The molecule has 0 aliphatic carbocycles. The number of aliphatic carboxylic acids is 1. The van der Waals surface area contributed by atoms with Crippen LogP contribution < -0.4 is 0 Å². The van der Waals surface area contributed by atoms with Crippen LogP contribution in [0.3, 0.4) is 0 Å². The predicted molar refractivity (Wildman–Crippen MR) is 69.8 cm³/mol. The lowest BCUT2D eigenvalue weighted by Gasteiger charge is -2.33. The molecule has 1 rings (SSSR count). The number of carboxylic acid groups (broad SMARTS) is 1. The molecule has 1 saturated heterocycles. The van der Waals surface area contributed by atoms with Gasteiger partial charge in [0, 0.05) is 26.7 Å². The summed E-state index contributed by atoms with van der Waals surface area (Å²) in [6.07, 6.45) is 0.858. The first-order valence-electron chi connectivity index (χ1n) is 6.37. The van der Waals surface area contributed by atoms with Crippen LogP contribution >= 0.6 is 0 Å². The van der Waals surface area contributed by atoms with Crippen LogP contribution in [0.5, 0.6) is 0 Å². The van der Waals surface area contributed by atoms with Crippen molar-refractivity contribution in [1.29, 1.82) is 0 Å². The van der Waals surface area contributed by atoms with E-state index in [0.29, 0.717) is 25.8 Å². The van der Waals surface area contributed by atoms with E-state index in [1.54, 1.807) is 6.92 Å². The largest absolute Gasteiger partial charge is 0.481 e. The molecule has 0 spiro atoms. The Labute approximate surface area is 114 Å². The molecule has 0 bridgehead atoms. The highest BCUT2D eigenvalue weighted by molar-refractivity contribution is 7.86. The highest BCUT2D eigenvalue weighted by atomic mass is 32.2. The molecule has 1 fully saturated rings. The number of aliphatic hydroxyl groups is 1. The second kappa shape index (κ2) is 6.65. The highest BCUT2D eigenvalue weighted by Crippen LogP contribution is 2.20. The van der Waals surface area contributed by atoms with E-state index in [2.05, 4.69) is 0 Å². The number of hydrogen-bond donors (Lipinski definition) is 2. The molecule has 2 N–H and O–H groups in total. The van der Waals surface area contributed by atoms with E-state index < -0.39 is 28.2 Å². The Balaban J connectivity index is 2.68. The van der Waals surface area contributed by atoms with Crippen molar-refractivity contribution in [3.8, 4) is 0 Å². The van der Waals surface area contributed by atoms with Crippen LogP contribution in [0.1, 0.15) is 26.2 Å². The molecular weight excluding hydrogens is 272 g/mol. The lowest BCUT2D eigenvalue weighted by Crippen LogP contribution is -2.48. The van der Waals surface area contributed by atoms with E-state index in [0.717, 1.165) is 0 Å². The van der Waals surface area contributed by atoms with Crippen LogP contribution in [-0.2, 0) is 15.0 Å². The van der Waals surface area contributed by atoms with Gasteiger partial charge in [0.15, 0.2) is 0 Å². The summed E-state index contributed by atoms with van der Waals surface area (Å²) in [6, 6.07) is 0. The molecule has 1 heterocycles. The maximum absolute atomic E-state index is 12.2. The molecule has 1 aliphatic heterocycles. The Hall–Kier alpha value is -0.700. The zero-order valence-electron chi connectivity index (χ0n) is 11.3. The van der Waals surface area contributed by atoms with Gasteiger partial charge < -0.3 is 10.2 Å². The molecule has 19 heavy (non-hydrogen) atoms. The topological polar surface area (TPSA) is 98.2 Å². The molecule has 7 nitrogen and oxygen atoms in total. The Morgan fingerprint density at radius 2 is 2.16 bits per heavy atom. The van der Waals surface area contributed by atoms with Gasteiger partial charge in [-0.05, 0) is 26.2 Å². The maximum Gasteiger partial charge on any atom is 0.307 e. The van der Waals surface area contributed by atoms with Crippen LogP contribution in [0.25, 0.3) is 0 Å². The Morgan fingerprint density at radius 3 is 2.68 bits per heavy atom. The van der Waals surface area contributed by atoms with Gasteiger partial charge in [-0.15, -0.1) is 0 Å². The Kier molecular flexibility index (Phi) is 5.72. The zero-order chi connectivity index (χ0) is 14.6. The SMILES string of the molecule is CC(O)CCN(C)S(=O)(=O)N1CCCC(C(=O)O)C1. The summed E-state index contributed by atoms with van der Waals surface area (Å²) in [6.45, 7) is 2.19. The maximum atomic E-state index is 12.2. The fourth-order valence-corrected chi connectivity index (χ4v) is 3.49. The van der Waals surface area contributed by atoms with Gasteiger partial charge in [0.2, 0.25) is 0 Å². The van der Waals surface area contributed by atoms with Crippen molar-refractivity contribution >= 4 is 16.2 Å². The molecule has 0 radical (unpaired) electrons. The lowest BCUT2D eigenvalue weighted by atomic mass is 10.0.